The molecular weight excluding hydrogens is 412 g/mol. The van der Waals surface area contributed by atoms with Crippen LogP contribution in [0, 0.1) is 11.8 Å². The molecule has 0 aromatic heterocycles. The van der Waals surface area contributed by atoms with E-state index in [9.17, 15) is 4.79 Å². The van der Waals surface area contributed by atoms with Gasteiger partial charge in [0.15, 0.2) is 12.1 Å². The van der Waals surface area contributed by atoms with Crippen LogP contribution in [-0.4, -0.2) is 38.5 Å². The van der Waals surface area contributed by atoms with Crippen molar-refractivity contribution < 1.29 is 19.0 Å². The van der Waals surface area contributed by atoms with E-state index in [4.69, 9.17) is 14.2 Å². The molecule has 33 heavy (non-hydrogen) atoms. The summed E-state index contributed by atoms with van der Waals surface area (Å²) in [5, 5.41) is 0. The SMILES string of the molecule is CCCCC(CC)COCCCCCCCCCCCCCCCC(C)C1OCC(=O)CO1. The summed E-state index contributed by atoms with van der Waals surface area (Å²) in [6, 6.07) is 0. The Bertz CT molecular complexity index is 429. The van der Waals surface area contributed by atoms with Gasteiger partial charge < -0.3 is 14.2 Å². The Morgan fingerprint density at radius 3 is 1.79 bits per heavy atom. The van der Waals surface area contributed by atoms with E-state index in [-0.39, 0.29) is 25.3 Å². The molecule has 0 radical (unpaired) electrons. The van der Waals surface area contributed by atoms with E-state index in [2.05, 4.69) is 20.8 Å². The molecule has 0 amide bonds. The highest BCUT2D eigenvalue weighted by atomic mass is 16.7. The van der Waals surface area contributed by atoms with Gasteiger partial charge in [0.1, 0.15) is 13.2 Å². The normalized spacial score (nSPS) is 16.9. The molecule has 0 aromatic carbocycles. The third-order valence-electron chi connectivity index (χ3n) is 7.13. The zero-order chi connectivity index (χ0) is 24.0. The van der Waals surface area contributed by atoms with Gasteiger partial charge in [-0.2, -0.15) is 0 Å². The number of ether oxygens (including phenoxy) is 3. The second-order valence-electron chi connectivity index (χ2n) is 10.4. The maximum Gasteiger partial charge on any atom is 0.184 e. The molecule has 2 unspecified atom stereocenters. The van der Waals surface area contributed by atoms with Crippen LogP contribution < -0.4 is 0 Å². The number of carbonyl (C=O) groups is 1. The highest BCUT2D eigenvalue weighted by Gasteiger charge is 2.24. The fourth-order valence-corrected chi connectivity index (χ4v) is 4.67. The highest BCUT2D eigenvalue weighted by molar-refractivity contribution is 5.81. The Morgan fingerprint density at radius 1 is 0.758 bits per heavy atom. The summed E-state index contributed by atoms with van der Waals surface area (Å²) in [5.74, 6) is 1.21. The first kappa shape index (κ1) is 30.6. The predicted molar refractivity (Wildman–Crippen MR) is 139 cm³/mol. The van der Waals surface area contributed by atoms with E-state index in [1.807, 2.05) is 0 Å². The van der Waals surface area contributed by atoms with Crippen LogP contribution in [0.5, 0.6) is 0 Å². The number of Topliss-reactive ketones (excluding diaryl/α,β-unsaturated/α-hetero) is 1. The zero-order valence-electron chi connectivity index (χ0n) is 22.4. The van der Waals surface area contributed by atoms with Gasteiger partial charge in [0.2, 0.25) is 0 Å². The first-order chi connectivity index (χ1) is 16.2. The zero-order valence-corrected chi connectivity index (χ0v) is 22.4. The van der Waals surface area contributed by atoms with Crippen LogP contribution in [0.15, 0.2) is 0 Å². The summed E-state index contributed by atoms with van der Waals surface area (Å²) in [6.45, 7) is 9.13. The molecule has 1 rings (SSSR count). The Morgan fingerprint density at radius 2 is 1.27 bits per heavy atom. The van der Waals surface area contributed by atoms with Crippen molar-refractivity contribution in [2.75, 3.05) is 26.4 Å². The molecule has 0 saturated carbocycles. The Kier molecular flexibility index (Phi) is 20.4. The second-order valence-corrected chi connectivity index (χ2v) is 10.4. The van der Waals surface area contributed by atoms with E-state index >= 15 is 0 Å². The van der Waals surface area contributed by atoms with E-state index in [1.165, 1.54) is 109 Å². The molecule has 0 N–H and O–H groups in total. The van der Waals surface area contributed by atoms with E-state index in [0.717, 1.165) is 25.6 Å². The van der Waals surface area contributed by atoms with Crippen molar-refractivity contribution in [2.45, 2.75) is 143 Å². The lowest BCUT2D eigenvalue weighted by Gasteiger charge is -2.27. The van der Waals surface area contributed by atoms with Crippen LogP contribution in [0.1, 0.15) is 136 Å². The number of carbonyl (C=O) groups excluding carboxylic acids is 1. The van der Waals surface area contributed by atoms with Crippen molar-refractivity contribution in [1.82, 2.24) is 0 Å². The van der Waals surface area contributed by atoms with Crippen LogP contribution in [-0.2, 0) is 19.0 Å². The first-order valence-electron chi connectivity index (χ1n) is 14.5. The minimum absolute atomic E-state index is 0.0532. The van der Waals surface area contributed by atoms with E-state index < -0.39 is 0 Å². The Hall–Kier alpha value is -0.450. The van der Waals surface area contributed by atoms with Crippen molar-refractivity contribution in [3.8, 4) is 0 Å². The second kappa shape index (κ2) is 22.0. The molecule has 4 heteroatoms. The summed E-state index contributed by atoms with van der Waals surface area (Å²) < 4.78 is 16.9. The molecule has 4 nitrogen and oxygen atoms in total. The average molecular weight is 469 g/mol. The van der Waals surface area contributed by atoms with Gasteiger partial charge in [0, 0.05) is 19.1 Å². The average Bonchev–Trinajstić information content (AvgIpc) is 2.83. The quantitative estimate of drug-likeness (QED) is 0.142. The Labute approximate surface area is 205 Å². The smallest absolute Gasteiger partial charge is 0.184 e. The van der Waals surface area contributed by atoms with Gasteiger partial charge >= 0.3 is 0 Å². The molecule has 1 aliphatic rings. The lowest BCUT2D eigenvalue weighted by atomic mass is 10.0. The van der Waals surface area contributed by atoms with Crippen molar-refractivity contribution in [3.63, 3.8) is 0 Å². The molecule has 1 saturated heterocycles. The fourth-order valence-electron chi connectivity index (χ4n) is 4.67. The highest BCUT2D eigenvalue weighted by Crippen LogP contribution is 2.20. The molecular formula is C29H56O4. The lowest BCUT2D eigenvalue weighted by Crippen LogP contribution is -2.36. The van der Waals surface area contributed by atoms with Gasteiger partial charge in [-0.25, -0.2) is 0 Å². The third kappa shape index (κ3) is 17.6. The van der Waals surface area contributed by atoms with Crippen LogP contribution in [0.3, 0.4) is 0 Å². The maximum atomic E-state index is 11.1. The van der Waals surface area contributed by atoms with Gasteiger partial charge in [-0.15, -0.1) is 0 Å². The van der Waals surface area contributed by atoms with Gasteiger partial charge in [-0.3, -0.25) is 4.79 Å². The van der Waals surface area contributed by atoms with Crippen molar-refractivity contribution in [2.24, 2.45) is 11.8 Å². The summed E-state index contributed by atoms with van der Waals surface area (Å²) in [7, 11) is 0. The summed E-state index contributed by atoms with van der Waals surface area (Å²) in [5.41, 5.74) is 0. The minimum Gasteiger partial charge on any atom is -0.381 e. The first-order valence-corrected chi connectivity index (χ1v) is 14.5. The van der Waals surface area contributed by atoms with Crippen molar-refractivity contribution in [1.29, 1.82) is 0 Å². The standard InChI is InChI=1S/C29H56O4/c1-4-6-21-27(5-2)23-31-22-19-17-15-13-11-9-7-8-10-12-14-16-18-20-26(3)29-32-24-28(30)25-33-29/h26-27,29H,4-25H2,1-3H3. The predicted octanol–water partition coefficient (Wildman–Crippen LogP) is 8.26. The van der Waals surface area contributed by atoms with Gasteiger partial charge in [-0.05, 0) is 25.2 Å². The molecule has 0 bridgehead atoms. The monoisotopic (exact) mass is 468 g/mol. The molecule has 2 atom stereocenters. The molecule has 1 fully saturated rings. The third-order valence-corrected chi connectivity index (χ3v) is 7.13. The van der Waals surface area contributed by atoms with Crippen LogP contribution in [0.4, 0.5) is 0 Å². The number of unbranched alkanes of at least 4 members (excludes halogenated alkanes) is 13. The van der Waals surface area contributed by atoms with Crippen molar-refractivity contribution >= 4 is 5.78 Å². The summed E-state index contributed by atoms with van der Waals surface area (Å²) in [4.78, 5) is 11.1. The number of rotatable bonds is 23. The maximum absolute atomic E-state index is 11.1. The van der Waals surface area contributed by atoms with Crippen LogP contribution >= 0.6 is 0 Å². The summed E-state index contributed by atoms with van der Waals surface area (Å²) in [6.07, 6.45) is 23.8. The topological polar surface area (TPSA) is 44.8 Å². The minimum atomic E-state index is -0.176. The van der Waals surface area contributed by atoms with E-state index in [0.29, 0.717) is 5.92 Å². The van der Waals surface area contributed by atoms with Crippen LogP contribution in [0.25, 0.3) is 0 Å². The van der Waals surface area contributed by atoms with Gasteiger partial charge in [0.05, 0.1) is 0 Å². The van der Waals surface area contributed by atoms with Crippen molar-refractivity contribution in [3.05, 3.63) is 0 Å². The fraction of sp³-hybridized carbons (Fsp3) is 0.966. The van der Waals surface area contributed by atoms with E-state index in [1.54, 1.807) is 0 Å². The molecule has 0 spiro atoms. The lowest BCUT2D eigenvalue weighted by molar-refractivity contribution is -0.202. The van der Waals surface area contributed by atoms with Gasteiger partial charge in [0.25, 0.3) is 0 Å². The molecule has 0 aliphatic carbocycles. The molecule has 1 heterocycles. The number of ketones is 1. The summed E-state index contributed by atoms with van der Waals surface area (Å²) >= 11 is 0. The molecule has 196 valence electrons. The number of hydrogen-bond donors (Lipinski definition) is 0. The number of hydrogen-bond acceptors (Lipinski definition) is 4. The Balaban J connectivity index is 1.75. The van der Waals surface area contributed by atoms with Crippen LogP contribution in [0.2, 0.25) is 0 Å². The molecule has 1 aliphatic heterocycles. The molecule has 0 aromatic rings. The van der Waals surface area contributed by atoms with Gasteiger partial charge in [-0.1, -0.05) is 117 Å². The largest absolute Gasteiger partial charge is 0.381 e.